The van der Waals surface area contributed by atoms with E-state index in [1.165, 1.54) is 6.20 Å². The van der Waals surface area contributed by atoms with E-state index in [0.717, 1.165) is 28.9 Å². The Hall–Kier alpha value is -2.54. The molecule has 0 atom stereocenters. The molecule has 0 fully saturated rings. The first-order chi connectivity index (χ1) is 12.4. The molecule has 0 aliphatic rings. The molecule has 1 N–H and O–H groups in total. The first-order valence-corrected chi connectivity index (χ1v) is 9.05. The Kier molecular flexibility index (Phi) is 5.18. The predicted octanol–water partition coefficient (Wildman–Crippen LogP) is 2.88. The van der Waals surface area contributed by atoms with Gasteiger partial charge in [-0.15, -0.1) is 0 Å². The zero-order chi connectivity index (χ0) is 18.8. The number of aromatic carboxylic acids is 1. The second kappa shape index (κ2) is 7.37. The van der Waals surface area contributed by atoms with Crippen molar-refractivity contribution in [3.05, 3.63) is 63.2 Å². The summed E-state index contributed by atoms with van der Waals surface area (Å²) in [6.45, 7) is 5.05. The SMILES string of the molecule is Cc1cc(C)n(Cc2ccc3c(c2)c(=O)c(C(=O)O)cn3CCCS)n1. The number of thiol groups is 1. The minimum atomic E-state index is -1.21. The van der Waals surface area contributed by atoms with Crippen molar-refractivity contribution in [2.45, 2.75) is 33.4 Å². The smallest absolute Gasteiger partial charge is 0.341 e. The molecule has 0 spiro atoms. The second-order valence-corrected chi connectivity index (χ2v) is 6.83. The summed E-state index contributed by atoms with van der Waals surface area (Å²) in [4.78, 5) is 24.1. The van der Waals surface area contributed by atoms with Gasteiger partial charge in [0, 0.05) is 23.8 Å². The number of benzene rings is 1. The molecule has 26 heavy (non-hydrogen) atoms. The summed E-state index contributed by atoms with van der Waals surface area (Å²) >= 11 is 4.21. The molecule has 0 amide bonds. The van der Waals surface area contributed by atoms with E-state index in [9.17, 15) is 14.7 Å². The number of fused-ring (bicyclic) bond motifs is 1. The molecule has 0 aliphatic heterocycles. The van der Waals surface area contributed by atoms with Crippen LogP contribution in [0.5, 0.6) is 0 Å². The zero-order valence-corrected chi connectivity index (χ0v) is 15.7. The molecule has 0 radical (unpaired) electrons. The zero-order valence-electron chi connectivity index (χ0n) is 14.8. The molecular weight excluding hydrogens is 350 g/mol. The molecule has 2 aromatic heterocycles. The largest absolute Gasteiger partial charge is 0.477 e. The quantitative estimate of drug-likeness (QED) is 0.653. The van der Waals surface area contributed by atoms with Gasteiger partial charge in [0.25, 0.3) is 0 Å². The van der Waals surface area contributed by atoms with Crippen molar-refractivity contribution >= 4 is 29.5 Å². The number of hydrogen-bond acceptors (Lipinski definition) is 4. The molecule has 136 valence electrons. The Labute approximate surface area is 156 Å². The van der Waals surface area contributed by atoms with Crippen molar-refractivity contribution in [2.75, 3.05) is 5.75 Å². The maximum Gasteiger partial charge on any atom is 0.341 e. The van der Waals surface area contributed by atoms with Crippen LogP contribution in [0.2, 0.25) is 0 Å². The maximum atomic E-state index is 12.6. The van der Waals surface area contributed by atoms with Crippen LogP contribution < -0.4 is 5.43 Å². The van der Waals surface area contributed by atoms with Crippen molar-refractivity contribution in [1.29, 1.82) is 0 Å². The van der Waals surface area contributed by atoms with Gasteiger partial charge in [0.15, 0.2) is 0 Å². The Morgan fingerprint density at radius 2 is 2.04 bits per heavy atom. The third-order valence-electron chi connectivity index (χ3n) is 4.37. The number of carboxylic acids is 1. The highest BCUT2D eigenvalue weighted by atomic mass is 32.1. The molecular formula is C19H21N3O3S. The highest BCUT2D eigenvalue weighted by Gasteiger charge is 2.15. The van der Waals surface area contributed by atoms with Crippen molar-refractivity contribution in [3.8, 4) is 0 Å². The molecule has 3 rings (SSSR count). The number of carboxylic acid groups (broad SMARTS) is 1. The van der Waals surface area contributed by atoms with Gasteiger partial charge in [-0.05, 0) is 49.8 Å². The average molecular weight is 371 g/mol. The van der Waals surface area contributed by atoms with E-state index in [4.69, 9.17) is 0 Å². The monoisotopic (exact) mass is 371 g/mol. The molecule has 1 aromatic carbocycles. The van der Waals surface area contributed by atoms with Gasteiger partial charge in [-0.25, -0.2) is 4.79 Å². The summed E-state index contributed by atoms with van der Waals surface area (Å²) in [7, 11) is 0. The molecule has 0 saturated carbocycles. The number of rotatable bonds is 6. The van der Waals surface area contributed by atoms with Crippen LogP contribution in [0.3, 0.4) is 0 Å². The molecule has 0 saturated heterocycles. The fraction of sp³-hybridized carbons (Fsp3) is 0.316. The molecule has 0 unspecified atom stereocenters. The summed E-state index contributed by atoms with van der Waals surface area (Å²) in [5.74, 6) is -0.521. The van der Waals surface area contributed by atoms with Gasteiger partial charge in [0.2, 0.25) is 5.43 Å². The molecule has 2 heterocycles. The van der Waals surface area contributed by atoms with Crippen molar-refractivity contribution in [1.82, 2.24) is 14.3 Å². The summed E-state index contributed by atoms with van der Waals surface area (Å²) < 4.78 is 3.69. The summed E-state index contributed by atoms with van der Waals surface area (Å²) in [5.41, 5.74) is 2.95. The number of pyridine rings is 1. The number of nitrogens with zero attached hydrogens (tertiary/aromatic N) is 3. The van der Waals surface area contributed by atoms with E-state index in [1.54, 1.807) is 6.07 Å². The lowest BCUT2D eigenvalue weighted by Crippen LogP contribution is -2.19. The fourth-order valence-corrected chi connectivity index (χ4v) is 3.27. The van der Waals surface area contributed by atoms with Crippen molar-refractivity contribution in [3.63, 3.8) is 0 Å². The van der Waals surface area contributed by atoms with Crippen LogP contribution in [0.15, 0.2) is 35.3 Å². The molecule has 0 bridgehead atoms. The highest BCUT2D eigenvalue weighted by Crippen LogP contribution is 2.17. The van der Waals surface area contributed by atoms with Crippen LogP contribution in [0, 0.1) is 13.8 Å². The molecule has 3 aromatic rings. The number of hydrogen-bond donors (Lipinski definition) is 2. The maximum absolute atomic E-state index is 12.6. The van der Waals surface area contributed by atoms with Gasteiger partial charge in [0.1, 0.15) is 5.56 Å². The van der Waals surface area contributed by atoms with Gasteiger partial charge in [-0.3, -0.25) is 9.48 Å². The van der Waals surface area contributed by atoms with Crippen LogP contribution in [0.1, 0.15) is 33.7 Å². The van der Waals surface area contributed by atoms with E-state index in [0.29, 0.717) is 24.2 Å². The van der Waals surface area contributed by atoms with Crippen molar-refractivity contribution in [2.24, 2.45) is 0 Å². The van der Waals surface area contributed by atoms with Crippen LogP contribution in [-0.2, 0) is 13.1 Å². The van der Waals surface area contributed by atoms with E-state index in [1.807, 2.05) is 41.3 Å². The average Bonchev–Trinajstić information content (AvgIpc) is 2.91. The second-order valence-electron chi connectivity index (χ2n) is 6.38. The third kappa shape index (κ3) is 3.53. The van der Waals surface area contributed by atoms with E-state index < -0.39 is 11.4 Å². The topological polar surface area (TPSA) is 77.1 Å². The molecule has 7 heteroatoms. The highest BCUT2D eigenvalue weighted by molar-refractivity contribution is 7.80. The van der Waals surface area contributed by atoms with E-state index in [-0.39, 0.29) is 5.56 Å². The number of aromatic nitrogens is 3. The molecule has 6 nitrogen and oxygen atoms in total. The summed E-state index contributed by atoms with van der Waals surface area (Å²) in [6, 6.07) is 7.60. The minimum absolute atomic E-state index is 0.208. The fourth-order valence-electron chi connectivity index (χ4n) is 3.13. The number of aryl methyl sites for hydroxylation is 3. The van der Waals surface area contributed by atoms with Crippen LogP contribution >= 0.6 is 12.6 Å². The Morgan fingerprint density at radius 1 is 1.27 bits per heavy atom. The Balaban J connectivity index is 2.12. The van der Waals surface area contributed by atoms with E-state index in [2.05, 4.69) is 17.7 Å². The van der Waals surface area contributed by atoms with Gasteiger partial charge >= 0.3 is 5.97 Å². The molecule has 0 aliphatic carbocycles. The van der Waals surface area contributed by atoms with Crippen LogP contribution in [-0.4, -0.2) is 31.2 Å². The van der Waals surface area contributed by atoms with Crippen LogP contribution in [0.4, 0.5) is 0 Å². The first-order valence-electron chi connectivity index (χ1n) is 8.42. The van der Waals surface area contributed by atoms with Gasteiger partial charge in [0.05, 0.1) is 17.8 Å². The normalized spacial score (nSPS) is 11.2. The first kappa shape index (κ1) is 18.3. The van der Waals surface area contributed by atoms with Gasteiger partial charge in [-0.2, -0.15) is 17.7 Å². The standard InChI is InChI=1S/C19H21N3O3S/c1-12-8-13(2)22(20-12)10-14-4-5-17-15(9-14)18(23)16(19(24)25)11-21(17)6-3-7-26/h4-5,8-9,11,26H,3,6-7,10H2,1-2H3,(H,24,25). The predicted molar refractivity (Wildman–Crippen MR) is 104 cm³/mol. The number of carbonyl (C=O) groups is 1. The summed E-state index contributed by atoms with van der Waals surface area (Å²) in [6.07, 6.45) is 2.21. The summed E-state index contributed by atoms with van der Waals surface area (Å²) in [5, 5.41) is 14.2. The van der Waals surface area contributed by atoms with Crippen LogP contribution in [0.25, 0.3) is 10.9 Å². The minimum Gasteiger partial charge on any atom is -0.477 e. The Bertz CT molecular complexity index is 1040. The Morgan fingerprint density at radius 3 is 2.65 bits per heavy atom. The van der Waals surface area contributed by atoms with Crippen molar-refractivity contribution < 1.29 is 9.90 Å². The van der Waals surface area contributed by atoms with Gasteiger partial charge < -0.3 is 9.67 Å². The lowest BCUT2D eigenvalue weighted by molar-refractivity contribution is 0.0695. The third-order valence-corrected chi connectivity index (χ3v) is 4.68. The lowest BCUT2D eigenvalue weighted by atomic mass is 10.1. The van der Waals surface area contributed by atoms with Gasteiger partial charge in [-0.1, -0.05) is 6.07 Å². The lowest BCUT2D eigenvalue weighted by Gasteiger charge is -2.13. The van der Waals surface area contributed by atoms with E-state index >= 15 is 0 Å².